The van der Waals surface area contributed by atoms with Crippen LogP contribution in [-0.4, -0.2) is 24.6 Å². The number of hydrogen-bond donors (Lipinski definition) is 0. The monoisotopic (exact) mass is 346 g/mol. The summed E-state index contributed by atoms with van der Waals surface area (Å²) in [5, 5.41) is -0.344. The molecule has 0 atom stereocenters. The summed E-state index contributed by atoms with van der Waals surface area (Å²) in [7, 11) is -3.65. The molecule has 0 N–H and O–H groups in total. The Morgan fingerprint density at radius 1 is 0.750 bits per heavy atom. The molecule has 4 nitrogen and oxygen atoms in total. The van der Waals surface area contributed by atoms with Gasteiger partial charge in [-0.05, 0) is 54.6 Å². The van der Waals surface area contributed by atoms with Crippen LogP contribution in [0.4, 0.5) is 8.78 Å². The first-order chi connectivity index (χ1) is 11.3. The highest BCUT2D eigenvalue weighted by Gasteiger charge is 2.16. The number of sulfone groups is 1. The second kappa shape index (κ2) is 6.09. The van der Waals surface area contributed by atoms with E-state index in [9.17, 15) is 17.2 Å². The molecule has 24 heavy (non-hydrogen) atoms. The van der Waals surface area contributed by atoms with E-state index < -0.39 is 21.5 Å². The predicted molar refractivity (Wildman–Crippen MR) is 85.9 cm³/mol. The minimum absolute atomic E-state index is 0.338. The predicted octanol–water partition coefficient (Wildman–Crippen LogP) is 3.49. The van der Waals surface area contributed by atoms with Gasteiger partial charge in [-0.15, -0.1) is 0 Å². The summed E-state index contributed by atoms with van der Waals surface area (Å²) >= 11 is 0. The van der Waals surface area contributed by atoms with Gasteiger partial charge < -0.3 is 0 Å². The summed E-state index contributed by atoms with van der Waals surface area (Å²) < 4.78 is 49.9. The molecule has 122 valence electrons. The molecule has 3 rings (SSSR count). The Morgan fingerprint density at radius 2 is 1.12 bits per heavy atom. The van der Waals surface area contributed by atoms with Gasteiger partial charge in [0.15, 0.2) is 0 Å². The summed E-state index contributed by atoms with van der Waals surface area (Å²) in [6, 6.07) is 12.6. The molecule has 0 aliphatic heterocycles. The van der Waals surface area contributed by atoms with E-state index in [1.54, 1.807) is 6.07 Å². The standard InChI is InChI=1S/C17H12F2N2O2S/c1-24(22,23)17-20-15(11-2-6-13(18)7-3-11)10-16(21-17)12-4-8-14(19)9-5-12/h2-10H,1H3. The van der Waals surface area contributed by atoms with Crippen molar-refractivity contribution < 1.29 is 17.2 Å². The van der Waals surface area contributed by atoms with E-state index in [-0.39, 0.29) is 5.16 Å². The number of nitrogens with zero attached hydrogens (tertiary/aromatic N) is 2. The summed E-state index contributed by atoms with van der Waals surface area (Å²) in [4.78, 5) is 8.10. The number of halogens is 2. The Bertz CT molecular complexity index is 922. The average Bonchev–Trinajstić information content (AvgIpc) is 2.55. The number of hydrogen-bond acceptors (Lipinski definition) is 4. The van der Waals surface area contributed by atoms with Gasteiger partial charge in [-0.25, -0.2) is 27.2 Å². The van der Waals surface area contributed by atoms with Crippen LogP contribution in [0.25, 0.3) is 22.5 Å². The highest BCUT2D eigenvalue weighted by atomic mass is 32.2. The highest BCUT2D eigenvalue weighted by molar-refractivity contribution is 7.90. The van der Waals surface area contributed by atoms with Crippen LogP contribution in [0.3, 0.4) is 0 Å². The van der Waals surface area contributed by atoms with Gasteiger partial charge in [0.25, 0.3) is 0 Å². The van der Waals surface area contributed by atoms with E-state index in [0.29, 0.717) is 22.5 Å². The molecule has 0 fully saturated rings. The molecule has 0 amide bonds. The van der Waals surface area contributed by atoms with Gasteiger partial charge in [-0.2, -0.15) is 0 Å². The second-order valence-corrected chi connectivity index (χ2v) is 7.12. The molecule has 1 heterocycles. The lowest BCUT2D eigenvalue weighted by molar-refractivity contribution is 0.593. The van der Waals surface area contributed by atoms with Gasteiger partial charge >= 0.3 is 0 Å². The van der Waals surface area contributed by atoms with Crippen LogP contribution in [0.15, 0.2) is 59.8 Å². The number of aromatic nitrogens is 2. The molecular weight excluding hydrogens is 334 g/mol. The minimum atomic E-state index is -3.65. The van der Waals surface area contributed by atoms with Crippen LogP contribution >= 0.6 is 0 Å². The Hall–Kier alpha value is -2.67. The van der Waals surface area contributed by atoms with E-state index in [0.717, 1.165) is 6.26 Å². The van der Waals surface area contributed by atoms with Crippen molar-refractivity contribution in [2.75, 3.05) is 6.26 Å². The molecule has 0 bridgehead atoms. The van der Waals surface area contributed by atoms with Gasteiger partial charge in [-0.3, -0.25) is 0 Å². The van der Waals surface area contributed by atoms with Crippen molar-refractivity contribution in [1.29, 1.82) is 0 Å². The van der Waals surface area contributed by atoms with Crippen LogP contribution in [0.5, 0.6) is 0 Å². The summed E-state index contributed by atoms with van der Waals surface area (Å²) in [6.45, 7) is 0. The fraction of sp³-hybridized carbons (Fsp3) is 0.0588. The van der Waals surface area contributed by atoms with Gasteiger partial charge in [0.2, 0.25) is 15.0 Å². The molecule has 3 aromatic rings. The third kappa shape index (κ3) is 3.46. The van der Waals surface area contributed by atoms with Crippen LogP contribution < -0.4 is 0 Å². The van der Waals surface area contributed by atoms with E-state index in [1.807, 2.05) is 0 Å². The second-order valence-electron chi connectivity index (χ2n) is 5.21. The van der Waals surface area contributed by atoms with Gasteiger partial charge in [0.05, 0.1) is 11.4 Å². The zero-order chi connectivity index (χ0) is 17.3. The van der Waals surface area contributed by atoms with Crippen molar-refractivity contribution in [2.24, 2.45) is 0 Å². The van der Waals surface area contributed by atoms with Crippen molar-refractivity contribution in [3.05, 3.63) is 66.2 Å². The quantitative estimate of drug-likeness (QED) is 0.681. The Labute approximate surface area is 137 Å². The zero-order valence-electron chi connectivity index (χ0n) is 12.6. The topological polar surface area (TPSA) is 59.9 Å². The third-order valence-corrected chi connectivity index (χ3v) is 4.16. The molecule has 0 spiro atoms. The largest absolute Gasteiger partial charge is 0.247 e. The summed E-state index contributed by atoms with van der Waals surface area (Å²) in [6.07, 6.45) is 1.01. The van der Waals surface area contributed by atoms with Crippen LogP contribution in [0, 0.1) is 11.6 Å². The van der Waals surface area contributed by atoms with Crippen molar-refractivity contribution in [3.8, 4) is 22.5 Å². The zero-order valence-corrected chi connectivity index (χ0v) is 13.4. The SMILES string of the molecule is CS(=O)(=O)c1nc(-c2ccc(F)cc2)cc(-c2ccc(F)cc2)n1. The molecule has 0 aliphatic rings. The lowest BCUT2D eigenvalue weighted by Crippen LogP contribution is -2.06. The molecule has 0 saturated heterocycles. The van der Waals surface area contributed by atoms with E-state index in [4.69, 9.17) is 0 Å². The highest BCUT2D eigenvalue weighted by Crippen LogP contribution is 2.25. The van der Waals surface area contributed by atoms with Crippen LogP contribution in [0.1, 0.15) is 0 Å². The average molecular weight is 346 g/mol. The fourth-order valence-electron chi connectivity index (χ4n) is 2.13. The molecule has 2 aromatic carbocycles. The first-order valence-corrected chi connectivity index (χ1v) is 8.83. The van der Waals surface area contributed by atoms with E-state index >= 15 is 0 Å². The van der Waals surface area contributed by atoms with Crippen molar-refractivity contribution >= 4 is 9.84 Å². The van der Waals surface area contributed by atoms with Gasteiger partial charge in [0, 0.05) is 17.4 Å². The lowest BCUT2D eigenvalue weighted by atomic mass is 10.1. The van der Waals surface area contributed by atoms with Gasteiger partial charge in [-0.1, -0.05) is 0 Å². The Morgan fingerprint density at radius 3 is 1.46 bits per heavy atom. The molecule has 0 saturated carbocycles. The van der Waals surface area contributed by atoms with Crippen molar-refractivity contribution in [2.45, 2.75) is 5.16 Å². The Balaban J connectivity index is 2.21. The van der Waals surface area contributed by atoms with Crippen molar-refractivity contribution in [1.82, 2.24) is 9.97 Å². The maximum absolute atomic E-state index is 13.1. The van der Waals surface area contributed by atoms with Crippen molar-refractivity contribution in [3.63, 3.8) is 0 Å². The molecule has 0 unspecified atom stereocenters. The van der Waals surface area contributed by atoms with E-state index in [2.05, 4.69) is 9.97 Å². The maximum Gasteiger partial charge on any atom is 0.247 e. The summed E-state index contributed by atoms with van der Waals surface area (Å²) in [5.41, 5.74) is 1.77. The Kier molecular flexibility index (Phi) is 4.11. The molecule has 0 radical (unpaired) electrons. The molecule has 7 heteroatoms. The lowest BCUT2D eigenvalue weighted by Gasteiger charge is -2.08. The fourth-order valence-corrected chi connectivity index (χ4v) is 2.66. The van der Waals surface area contributed by atoms with E-state index in [1.165, 1.54) is 48.5 Å². The normalized spacial score (nSPS) is 11.5. The van der Waals surface area contributed by atoms with Gasteiger partial charge in [0.1, 0.15) is 11.6 Å². The summed E-state index contributed by atoms with van der Waals surface area (Å²) in [5.74, 6) is -0.815. The number of rotatable bonds is 3. The first-order valence-electron chi connectivity index (χ1n) is 6.94. The maximum atomic E-state index is 13.1. The smallest absolute Gasteiger partial charge is 0.221 e. The molecule has 0 aliphatic carbocycles. The number of benzene rings is 2. The molecule has 1 aromatic heterocycles. The first kappa shape index (κ1) is 16.2. The molecular formula is C17H12F2N2O2S. The minimum Gasteiger partial charge on any atom is -0.221 e. The third-order valence-electron chi connectivity index (χ3n) is 3.32. The van der Waals surface area contributed by atoms with Crippen LogP contribution in [-0.2, 0) is 9.84 Å². The van der Waals surface area contributed by atoms with Crippen LogP contribution in [0.2, 0.25) is 0 Å².